The van der Waals surface area contributed by atoms with Gasteiger partial charge in [0, 0.05) is 19.2 Å². The Bertz CT molecular complexity index is 154. The van der Waals surface area contributed by atoms with Gasteiger partial charge in [-0.05, 0) is 44.8 Å². The molecule has 0 aromatic carbocycles. The van der Waals surface area contributed by atoms with Crippen LogP contribution in [0.5, 0.6) is 0 Å². The molecule has 0 amide bonds. The number of piperidine rings is 1. The van der Waals surface area contributed by atoms with Gasteiger partial charge in [-0.3, -0.25) is 0 Å². The summed E-state index contributed by atoms with van der Waals surface area (Å²) < 4.78 is 0. The largest absolute Gasteiger partial charge is 0.396 e. The van der Waals surface area contributed by atoms with Gasteiger partial charge < -0.3 is 15.3 Å². The Morgan fingerprint density at radius 3 is 2.53 bits per heavy atom. The second-order valence-electron chi connectivity index (χ2n) is 5.00. The predicted molar refractivity (Wildman–Crippen MR) is 64.0 cm³/mol. The molecule has 15 heavy (non-hydrogen) atoms. The summed E-state index contributed by atoms with van der Waals surface area (Å²) >= 11 is 0. The summed E-state index contributed by atoms with van der Waals surface area (Å²) in [7, 11) is 0. The lowest BCUT2D eigenvalue weighted by atomic mass is 10.0. The van der Waals surface area contributed by atoms with Crippen LogP contribution >= 0.6 is 0 Å². The summed E-state index contributed by atoms with van der Waals surface area (Å²) in [5.74, 6) is 0.781. The van der Waals surface area contributed by atoms with Gasteiger partial charge in [0.05, 0.1) is 0 Å². The molecule has 2 N–H and O–H groups in total. The molecule has 0 radical (unpaired) electrons. The Kier molecular flexibility index (Phi) is 6.22. The molecule has 0 saturated carbocycles. The predicted octanol–water partition coefficient (Wildman–Crippen LogP) is 1.08. The zero-order valence-corrected chi connectivity index (χ0v) is 10.2. The number of nitrogens with zero attached hydrogens (tertiary/aromatic N) is 1. The van der Waals surface area contributed by atoms with Crippen molar-refractivity contribution in [3.05, 3.63) is 0 Å². The molecule has 0 unspecified atom stereocenters. The molecule has 0 aromatic rings. The molecule has 1 fully saturated rings. The van der Waals surface area contributed by atoms with E-state index in [4.69, 9.17) is 5.11 Å². The van der Waals surface area contributed by atoms with E-state index in [1.54, 1.807) is 0 Å². The van der Waals surface area contributed by atoms with Crippen LogP contribution in [0, 0.1) is 5.92 Å². The highest BCUT2D eigenvalue weighted by molar-refractivity contribution is 4.77. The van der Waals surface area contributed by atoms with Crippen LogP contribution in [-0.4, -0.2) is 48.8 Å². The molecular weight excluding hydrogens is 188 g/mol. The first-order valence-corrected chi connectivity index (χ1v) is 6.29. The van der Waals surface area contributed by atoms with Gasteiger partial charge in [0.2, 0.25) is 0 Å². The molecule has 1 aliphatic rings. The molecule has 0 atom stereocenters. The van der Waals surface area contributed by atoms with Crippen molar-refractivity contribution in [2.45, 2.75) is 39.2 Å². The maximum absolute atomic E-state index is 8.69. The van der Waals surface area contributed by atoms with Crippen molar-refractivity contribution in [2.24, 2.45) is 5.92 Å². The highest BCUT2D eigenvalue weighted by Crippen LogP contribution is 2.11. The number of likely N-dealkylation sites (tertiary alicyclic amines) is 1. The van der Waals surface area contributed by atoms with E-state index in [1.807, 2.05) is 0 Å². The van der Waals surface area contributed by atoms with E-state index in [1.165, 1.54) is 32.5 Å². The maximum atomic E-state index is 8.69. The van der Waals surface area contributed by atoms with Crippen molar-refractivity contribution < 1.29 is 5.11 Å². The van der Waals surface area contributed by atoms with Crippen molar-refractivity contribution in [1.29, 1.82) is 0 Å². The summed E-state index contributed by atoms with van der Waals surface area (Å²) in [5.41, 5.74) is 0. The SMILES string of the molecule is CC(C)CN1CCC(NCCCO)CC1. The molecule has 0 aromatic heterocycles. The van der Waals surface area contributed by atoms with E-state index in [9.17, 15) is 0 Å². The summed E-state index contributed by atoms with van der Waals surface area (Å²) in [6.45, 7) is 9.54. The maximum Gasteiger partial charge on any atom is 0.0443 e. The first-order valence-electron chi connectivity index (χ1n) is 6.29. The third-order valence-electron chi connectivity index (χ3n) is 2.98. The minimum absolute atomic E-state index is 0.305. The zero-order valence-electron chi connectivity index (χ0n) is 10.2. The van der Waals surface area contributed by atoms with Crippen molar-refractivity contribution in [3.8, 4) is 0 Å². The van der Waals surface area contributed by atoms with Crippen molar-refractivity contribution in [1.82, 2.24) is 10.2 Å². The van der Waals surface area contributed by atoms with Crippen LogP contribution in [0.1, 0.15) is 33.1 Å². The van der Waals surface area contributed by atoms with E-state index in [-0.39, 0.29) is 0 Å². The van der Waals surface area contributed by atoms with E-state index < -0.39 is 0 Å². The minimum atomic E-state index is 0.305. The monoisotopic (exact) mass is 214 g/mol. The molecule has 90 valence electrons. The lowest BCUT2D eigenvalue weighted by Gasteiger charge is -2.33. The topological polar surface area (TPSA) is 35.5 Å². The molecule has 1 heterocycles. The summed E-state index contributed by atoms with van der Waals surface area (Å²) in [4.78, 5) is 2.56. The van der Waals surface area contributed by atoms with Gasteiger partial charge in [-0.1, -0.05) is 13.8 Å². The fraction of sp³-hybridized carbons (Fsp3) is 1.00. The van der Waals surface area contributed by atoms with E-state index in [0.717, 1.165) is 18.9 Å². The molecular formula is C12H26N2O. The van der Waals surface area contributed by atoms with E-state index in [0.29, 0.717) is 12.6 Å². The Hall–Kier alpha value is -0.120. The fourth-order valence-electron chi connectivity index (χ4n) is 2.22. The normalized spacial score (nSPS) is 20.0. The lowest BCUT2D eigenvalue weighted by molar-refractivity contribution is 0.178. The summed E-state index contributed by atoms with van der Waals surface area (Å²) in [6.07, 6.45) is 3.41. The highest BCUT2D eigenvalue weighted by atomic mass is 16.3. The smallest absolute Gasteiger partial charge is 0.0443 e. The molecule has 3 heteroatoms. The van der Waals surface area contributed by atoms with Crippen LogP contribution in [0.2, 0.25) is 0 Å². The third-order valence-corrected chi connectivity index (χ3v) is 2.98. The van der Waals surface area contributed by atoms with Crippen molar-refractivity contribution >= 4 is 0 Å². The number of rotatable bonds is 6. The van der Waals surface area contributed by atoms with Crippen LogP contribution in [-0.2, 0) is 0 Å². The van der Waals surface area contributed by atoms with Crippen LogP contribution in [0.15, 0.2) is 0 Å². The molecule has 0 bridgehead atoms. The van der Waals surface area contributed by atoms with Crippen molar-refractivity contribution in [3.63, 3.8) is 0 Å². The number of hydrogen-bond donors (Lipinski definition) is 2. The molecule has 0 spiro atoms. The highest BCUT2D eigenvalue weighted by Gasteiger charge is 2.18. The lowest BCUT2D eigenvalue weighted by Crippen LogP contribution is -2.43. The van der Waals surface area contributed by atoms with Gasteiger partial charge in [0.15, 0.2) is 0 Å². The Balaban J connectivity index is 2.07. The minimum Gasteiger partial charge on any atom is -0.396 e. The Labute approximate surface area is 93.9 Å². The standard InChI is InChI=1S/C12H26N2O/c1-11(2)10-14-7-4-12(5-8-14)13-6-3-9-15/h11-13,15H,3-10H2,1-2H3. The molecule has 1 saturated heterocycles. The Morgan fingerprint density at radius 1 is 1.33 bits per heavy atom. The Morgan fingerprint density at radius 2 is 2.00 bits per heavy atom. The van der Waals surface area contributed by atoms with E-state index >= 15 is 0 Å². The van der Waals surface area contributed by atoms with Crippen molar-refractivity contribution in [2.75, 3.05) is 32.8 Å². The van der Waals surface area contributed by atoms with Gasteiger partial charge in [-0.25, -0.2) is 0 Å². The van der Waals surface area contributed by atoms with Gasteiger partial charge in [-0.15, -0.1) is 0 Å². The zero-order chi connectivity index (χ0) is 11.1. The average molecular weight is 214 g/mol. The van der Waals surface area contributed by atoms with Gasteiger partial charge in [-0.2, -0.15) is 0 Å². The summed E-state index contributed by atoms with van der Waals surface area (Å²) in [6, 6.07) is 0.681. The van der Waals surface area contributed by atoms with Crippen LogP contribution in [0.25, 0.3) is 0 Å². The number of aliphatic hydroxyl groups is 1. The third kappa shape index (κ3) is 5.50. The number of nitrogens with one attached hydrogen (secondary N) is 1. The molecule has 1 aliphatic heterocycles. The number of aliphatic hydroxyl groups excluding tert-OH is 1. The second-order valence-corrected chi connectivity index (χ2v) is 5.00. The second kappa shape index (κ2) is 7.20. The quantitative estimate of drug-likeness (QED) is 0.650. The fourth-order valence-corrected chi connectivity index (χ4v) is 2.22. The number of hydrogen-bond acceptors (Lipinski definition) is 3. The first-order chi connectivity index (χ1) is 7.22. The average Bonchev–Trinajstić information content (AvgIpc) is 2.20. The summed E-state index contributed by atoms with van der Waals surface area (Å²) in [5, 5.41) is 12.2. The first kappa shape index (κ1) is 12.9. The van der Waals surface area contributed by atoms with Gasteiger partial charge >= 0.3 is 0 Å². The van der Waals surface area contributed by atoms with Crippen LogP contribution < -0.4 is 5.32 Å². The molecule has 3 nitrogen and oxygen atoms in total. The molecule has 1 rings (SSSR count). The van der Waals surface area contributed by atoms with Crippen LogP contribution in [0.3, 0.4) is 0 Å². The van der Waals surface area contributed by atoms with Gasteiger partial charge in [0.25, 0.3) is 0 Å². The van der Waals surface area contributed by atoms with Crippen LogP contribution in [0.4, 0.5) is 0 Å². The van der Waals surface area contributed by atoms with E-state index in [2.05, 4.69) is 24.1 Å². The molecule has 0 aliphatic carbocycles. The van der Waals surface area contributed by atoms with Gasteiger partial charge in [0.1, 0.15) is 0 Å².